The smallest absolute Gasteiger partial charge is 0.323 e. The number of halogens is 4. The number of benzene rings is 3. The van der Waals surface area contributed by atoms with Gasteiger partial charge < -0.3 is 14.7 Å². The van der Waals surface area contributed by atoms with Crippen molar-refractivity contribution in [1.82, 2.24) is 4.90 Å². The van der Waals surface area contributed by atoms with Gasteiger partial charge in [-0.2, -0.15) is 0 Å². The molecule has 35 heavy (non-hydrogen) atoms. The van der Waals surface area contributed by atoms with Crippen LogP contribution in [0.3, 0.4) is 0 Å². The highest BCUT2D eigenvalue weighted by Crippen LogP contribution is 2.38. The van der Waals surface area contributed by atoms with Crippen molar-refractivity contribution in [1.29, 1.82) is 0 Å². The topological polar surface area (TPSA) is 66.8 Å². The molecule has 4 rings (SSSR count). The molecule has 1 aliphatic heterocycles. The summed E-state index contributed by atoms with van der Waals surface area (Å²) >= 11 is 11.9. The van der Waals surface area contributed by atoms with Gasteiger partial charge in [-0.3, -0.25) is 9.59 Å². The van der Waals surface area contributed by atoms with Crippen molar-refractivity contribution in [2.24, 2.45) is 0 Å². The molecular weight excluding hydrogens is 499 g/mol. The minimum Gasteiger partial charge on any atom is -0.487 e. The molecule has 182 valence electrons. The van der Waals surface area contributed by atoms with E-state index in [-0.39, 0.29) is 22.2 Å². The number of nitrogens with zero attached hydrogens (tertiary/aromatic N) is 1. The zero-order valence-corrected chi connectivity index (χ0v) is 20.2. The van der Waals surface area contributed by atoms with Gasteiger partial charge in [0.25, 0.3) is 5.91 Å². The van der Waals surface area contributed by atoms with E-state index in [1.165, 1.54) is 24.3 Å². The molecule has 1 amide bonds. The molecule has 1 N–H and O–H groups in total. The molecule has 0 unspecified atom stereocenters. The fraction of sp³-hybridized carbons (Fsp3) is 0.231. The summed E-state index contributed by atoms with van der Waals surface area (Å²) in [6.07, 6.45) is 0.893. The van der Waals surface area contributed by atoms with Crippen molar-refractivity contribution in [2.75, 3.05) is 6.54 Å². The summed E-state index contributed by atoms with van der Waals surface area (Å²) in [7, 11) is 0. The second kappa shape index (κ2) is 9.84. The third kappa shape index (κ3) is 5.74. The van der Waals surface area contributed by atoms with E-state index in [0.717, 1.165) is 22.1 Å². The Labute approximate surface area is 210 Å². The molecule has 0 saturated heterocycles. The van der Waals surface area contributed by atoms with Crippen LogP contribution >= 0.6 is 23.2 Å². The first kappa shape index (κ1) is 24.9. The number of rotatable bonds is 7. The predicted octanol–water partition coefficient (Wildman–Crippen LogP) is 5.93. The summed E-state index contributed by atoms with van der Waals surface area (Å²) < 4.78 is 33.4. The van der Waals surface area contributed by atoms with Crippen molar-refractivity contribution in [3.05, 3.63) is 98.5 Å². The Hall–Kier alpha value is -3.16. The van der Waals surface area contributed by atoms with Crippen molar-refractivity contribution in [3.63, 3.8) is 0 Å². The van der Waals surface area contributed by atoms with Gasteiger partial charge in [0, 0.05) is 30.0 Å². The van der Waals surface area contributed by atoms with Crippen molar-refractivity contribution < 1.29 is 28.2 Å². The first-order chi connectivity index (χ1) is 16.5. The Bertz CT molecular complexity index is 1320. The van der Waals surface area contributed by atoms with Crippen molar-refractivity contribution in [2.45, 2.75) is 31.9 Å². The molecular formula is C26H21Cl2F2NO4. The summed E-state index contributed by atoms with van der Waals surface area (Å²) in [5.41, 5.74) is 1.56. The van der Waals surface area contributed by atoms with E-state index in [1.54, 1.807) is 24.3 Å². The maximum Gasteiger partial charge on any atom is 0.323 e. The van der Waals surface area contributed by atoms with Gasteiger partial charge in [-0.05, 0) is 66.1 Å². The number of hydrogen-bond donors (Lipinski definition) is 1. The minimum atomic E-state index is -1.19. The van der Waals surface area contributed by atoms with Crippen LogP contribution in [0.2, 0.25) is 10.0 Å². The second-order valence-electron chi connectivity index (χ2n) is 8.77. The average Bonchev–Trinajstić information content (AvgIpc) is 3.11. The number of carboxylic acid groups (broad SMARTS) is 1. The maximum atomic E-state index is 13.9. The molecule has 0 aromatic heterocycles. The van der Waals surface area contributed by atoms with E-state index in [2.05, 4.69) is 0 Å². The van der Waals surface area contributed by atoms with Crippen LogP contribution in [0.15, 0.2) is 54.6 Å². The van der Waals surface area contributed by atoms with Crippen LogP contribution < -0.4 is 4.74 Å². The monoisotopic (exact) mass is 519 g/mol. The molecule has 3 aromatic rings. The van der Waals surface area contributed by atoms with Gasteiger partial charge in [0.2, 0.25) is 0 Å². The van der Waals surface area contributed by atoms with Gasteiger partial charge in [-0.1, -0.05) is 35.3 Å². The van der Waals surface area contributed by atoms with Crippen LogP contribution in [0.5, 0.6) is 5.75 Å². The lowest BCUT2D eigenvalue weighted by molar-refractivity contribution is -0.137. The summed E-state index contributed by atoms with van der Waals surface area (Å²) in [5, 5.41) is 9.48. The molecule has 9 heteroatoms. The first-order valence-corrected chi connectivity index (χ1v) is 11.5. The van der Waals surface area contributed by atoms with E-state index in [4.69, 9.17) is 27.9 Å². The summed E-state index contributed by atoms with van der Waals surface area (Å²) in [5.74, 6) is -2.13. The Morgan fingerprint density at radius 2 is 1.83 bits per heavy atom. The van der Waals surface area contributed by atoms with Crippen molar-refractivity contribution >= 4 is 35.1 Å². The molecule has 3 aromatic carbocycles. The summed E-state index contributed by atoms with van der Waals surface area (Å²) in [6.45, 7) is 1.24. The molecule has 1 atom stereocenters. The normalized spacial score (nSPS) is 16.5. The molecule has 1 heterocycles. The van der Waals surface area contributed by atoms with Crippen LogP contribution in [0.25, 0.3) is 0 Å². The molecule has 0 bridgehead atoms. The highest BCUT2D eigenvalue weighted by molar-refractivity contribution is 6.31. The molecule has 0 fully saturated rings. The number of amides is 1. The highest BCUT2D eigenvalue weighted by Gasteiger charge is 2.36. The fourth-order valence-corrected chi connectivity index (χ4v) is 4.58. The van der Waals surface area contributed by atoms with Crippen LogP contribution in [-0.4, -0.2) is 34.0 Å². The minimum absolute atomic E-state index is 0.0468. The first-order valence-electron chi connectivity index (χ1n) is 10.7. The molecule has 0 spiro atoms. The van der Waals surface area contributed by atoms with E-state index < -0.39 is 35.7 Å². The van der Waals surface area contributed by atoms with Crippen LogP contribution in [0.4, 0.5) is 8.78 Å². The third-order valence-electron chi connectivity index (χ3n) is 5.78. The fourth-order valence-electron chi connectivity index (χ4n) is 4.24. The number of hydrogen-bond acceptors (Lipinski definition) is 3. The van der Waals surface area contributed by atoms with E-state index >= 15 is 0 Å². The predicted molar refractivity (Wildman–Crippen MR) is 128 cm³/mol. The average molecular weight is 520 g/mol. The molecule has 0 radical (unpaired) electrons. The standard InChI is InChI=1S/C26H21Cl2F2NO4/c1-26(11-15-2-6-20(27)22(30)8-15)12-18-9-16(4-7-23(18)35-26)25(34)31(14-24(32)33)13-17-3-5-19(29)10-21(17)28/h2-10H,11-14H2,1H3,(H,32,33)/t26-/m0/s1. The zero-order valence-electron chi connectivity index (χ0n) is 18.7. The highest BCUT2D eigenvalue weighted by atomic mass is 35.5. The van der Waals surface area contributed by atoms with E-state index in [9.17, 15) is 23.5 Å². The van der Waals surface area contributed by atoms with E-state index in [1.807, 2.05) is 6.92 Å². The largest absolute Gasteiger partial charge is 0.487 e. The molecule has 5 nitrogen and oxygen atoms in total. The lowest BCUT2D eigenvalue weighted by atomic mass is 9.91. The number of fused-ring (bicyclic) bond motifs is 1. The SMILES string of the molecule is C[C@]1(Cc2ccc(Cl)c(F)c2)Cc2cc(C(=O)N(CC(=O)O)Cc3ccc(F)cc3Cl)ccc2O1. The van der Waals surface area contributed by atoms with Gasteiger partial charge in [-0.15, -0.1) is 0 Å². The van der Waals surface area contributed by atoms with Gasteiger partial charge in [-0.25, -0.2) is 8.78 Å². The van der Waals surface area contributed by atoms with Gasteiger partial charge in [0.05, 0.1) is 5.02 Å². The lowest BCUT2D eigenvalue weighted by Crippen LogP contribution is -2.35. The third-order valence-corrected chi connectivity index (χ3v) is 6.44. The van der Waals surface area contributed by atoms with Crippen molar-refractivity contribution in [3.8, 4) is 5.75 Å². The molecule has 0 saturated carbocycles. The van der Waals surface area contributed by atoms with E-state index in [0.29, 0.717) is 24.2 Å². The lowest BCUT2D eigenvalue weighted by Gasteiger charge is -2.24. The molecule has 1 aliphatic rings. The Balaban J connectivity index is 1.54. The van der Waals surface area contributed by atoms with Gasteiger partial charge in [0.1, 0.15) is 29.5 Å². The van der Waals surface area contributed by atoms with Gasteiger partial charge in [0.15, 0.2) is 0 Å². The summed E-state index contributed by atoms with van der Waals surface area (Å²) in [6, 6.07) is 13.2. The second-order valence-corrected chi connectivity index (χ2v) is 9.58. The Morgan fingerprint density at radius 3 is 2.51 bits per heavy atom. The Kier molecular flexibility index (Phi) is 7.01. The summed E-state index contributed by atoms with van der Waals surface area (Å²) in [4.78, 5) is 25.8. The zero-order chi connectivity index (χ0) is 25.3. The number of carbonyl (C=O) groups is 2. The van der Waals surface area contributed by atoms with Crippen LogP contribution in [-0.2, 0) is 24.2 Å². The quantitative estimate of drug-likeness (QED) is 0.419. The number of carboxylic acids is 1. The maximum absolute atomic E-state index is 13.9. The number of carbonyl (C=O) groups excluding carboxylic acids is 1. The van der Waals surface area contributed by atoms with Crippen LogP contribution in [0, 0.1) is 11.6 Å². The van der Waals surface area contributed by atoms with Gasteiger partial charge >= 0.3 is 5.97 Å². The Morgan fingerprint density at radius 1 is 1.06 bits per heavy atom. The number of ether oxygens (including phenoxy) is 1. The number of aliphatic carboxylic acids is 1. The molecule has 0 aliphatic carbocycles. The van der Waals surface area contributed by atoms with Crippen LogP contribution in [0.1, 0.15) is 34.0 Å².